The van der Waals surface area contributed by atoms with Crippen LogP contribution >= 0.6 is 0 Å². The summed E-state index contributed by atoms with van der Waals surface area (Å²) in [6.45, 7) is 14.7. The van der Waals surface area contributed by atoms with E-state index in [0.29, 0.717) is 32.5 Å². The van der Waals surface area contributed by atoms with Gasteiger partial charge in [0.15, 0.2) is 0 Å². The molecule has 3 saturated heterocycles. The maximum atomic E-state index is 14.5. The van der Waals surface area contributed by atoms with Gasteiger partial charge in [0, 0.05) is 25.3 Å². The number of anilines is 1. The Bertz CT molecular complexity index is 1090. The number of ether oxygens (including phenoxy) is 1. The topological polar surface area (TPSA) is 90.4 Å². The van der Waals surface area contributed by atoms with E-state index in [1.807, 2.05) is 44.2 Å². The number of carbonyl (C=O) groups is 3. The number of fused-ring (bicyclic) bond motifs is 1. The summed E-state index contributed by atoms with van der Waals surface area (Å²) in [5.74, 6) is -2.21. The van der Waals surface area contributed by atoms with E-state index in [-0.39, 0.29) is 30.2 Å². The van der Waals surface area contributed by atoms with Gasteiger partial charge in [0.1, 0.15) is 11.6 Å². The SMILES string of the molecule is C=CCN(CCCC)C(=O)C1N([C@@H](CO)[C@@H](C)CC)C(=O)[C@@H]2[C@@H](C(=O)N(CC=C)c3ccccc3)[C@H]3CCC12O3. The maximum Gasteiger partial charge on any atom is 0.248 e. The zero-order chi connectivity index (χ0) is 29.0. The first-order valence-corrected chi connectivity index (χ1v) is 14.8. The lowest BCUT2D eigenvalue weighted by molar-refractivity contribution is -0.152. The minimum atomic E-state index is -1.11. The van der Waals surface area contributed by atoms with Gasteiger partial charge in [-0.25, -0.2) is 0 Å². The monoisotopic (exact) mass is 551 g/mol. The normalized spacial score (nSPS) is 28.2. The fraction of sp³-hybridized carbons (Fsp3) is 0.594. The van der Waals surface area contributed by atoms with E-state index in [1.165, 1.54) is 0 Å². The number of aliphatic hydroxyl groups is 1. The Labute approximate surface area is 238 Å². The Morgan fingerprint density at radius 2 is 1.88 bits per heavy atom. The highest BCUT2D eigenvalue weighted by Gasteiger charge is 2.75. The van der Waals surface area contributed by atoms with Crippen molar-refractivity contribution >= 4 is 23.4 Å². The number of aliphatic hydroxyl groups excluding tert-OH is 1. The third-order valence-corrected chi connectivity index (χ3v) is 9.19. The van der Waals surface area contributed by atoms with Crippen LogP contribution in [0.1, 0.15) is 52.9 Å². The van der Waals surface area contributed by atoms with E-state index in [9.17, 15) is 19.5 Å². The summed E-state index contributed by atoms with van der Waals surface area (Å²) in [7, 11) is 0. The van der Waals surface area contributed by atoms with Gasteiger partial charge in [0.05, 0.1) is 30.6 Å². The first-order valence-electron chi connectivity index (χ1n) is 14.8. The molecule has 1 spiro atoms. The van der Waals surface area contributed by atoms with Gasteiger partial charge in [-0.15, -0.1) is 13.2 Å². The minimum Gasteiger partial charge on any atom is -0.394 e. The number of likely N-dealkylation sites (tertiary alicyclic amines) is 1. The average Bonchev–Trinajstić information content (AvgIpc) is 3.61. The van der Waals surface area contributed by atoms with Crippen molar-refractivity contribution in [1.29, 1.82) is 0 Å². The molecule has 8 nitrogen and oxygen atoms in total. The van der Waals surface area contributed by atoms with Gasteiger partial charge < -0.3 is 24.5 Å². The lowest BCUT2D eigenvalue weighted by atomic mass is 9.70. The fourth-order valence-electron chi connectivity index (χ4n) is 7.03. The van der Waals surface area contributed by atoms with Gasteiger partial charge in [0.25, 0.3) is 0 Å². The quantitative estimate of drug-likeness (QED) is 0.355. The van der Waals surface area contributed by atoms with Crippen LogP contribution in [-0.2, 0) is 19.1 Å². The summed E-state index contributed by atoms with van der Waals surface area (Å²) in [5.41, 5.74) is -0.383. The minimum absolute atomic E-state index is 0.0455. The molecule has 0 aromatic heterocycles. The van der Waals surface area contributed by atoms with Crippen molar-refractivity contribution in [1.82, 2.24) is 9.80 Å². The van der Waals surface area contributed by atoms with E-state index < -0.39 is 35.6 Å². The molecule has 2 bridgehead atoms. The highest BCUT2D eigenvalue weighted by Crippen LogP contribution is 2.59. The Morgan fingerprint density at radius 3 is 2.48 bits per heavy atom. The number of hydrogen-bond acceptors (Lipinski definition) is 5. The second-order valence-electron chi connectivity index (χ2n) is 11.4. The smallest absolute Gasteiger partial charge is 0.248 e. The molecule has 3 aliphatic heterocycles. The van der Waals surface area contributed by atoms with Gasteiger partial charge in [-0.3, -0.25) is 14.4 Å². The van der Waals surface area contributed by atoms with Crippen molar-refractivity contribution in [2.24, 2.45) is 17.8 Å². The maximum absolute atomic E-state index is 14.5. The summed E-state index contributed by atoms with van der Waals surface area (Å²) in [6, 6.07) is 7.91. The van der Waals surface area contributed by atoms with Crippen LogP contribution in [0.15, 0.2) is 55.6 Å². The summed E-state index contributed by atoms with van der Waals surface area (Å²) in [6.07, 6.45) is 6.51. The molecular weight excluding hydrogens is 506 g/mol. The van der Waals surface area contributed by atoms with Crippen LogP contribution in [0, 0.1) is 17.8 Å². The van der Waals surface area contributed by atoms with E-state index in [0.717, 1.165) is 24.9 Å². The lowest BCUT2D eigenvalue weighted by Crippen LogP contribution is -2.59. The zero-order valence-electron chi connectivity index (χ0n) is 24.2. The third kappa shape index (κ3) is 5.00. The Morgan fingerprint density at radius 1 is 1.18 bits per heavy atom. The number of benzene rings is 1. The molecule has 3 aliphatic rings. The fourth-order valence-corrected chi connectivity index (χ4v) is 7.03. The van der Waals surface area contributed by atoms with Crippen LogP contribution in [0.3, 0.4) is 0 Å². The van der Waals surface area contributed by atoms with Crippen molar-refractivity contribution in [2.45, 2.75) is 76.7 Å². The van der Waals surface area contributed by atoms with E-state index in [2.05, 4.69) is 20.1 Å². The number of hydrogen-bond donors (Lipinski definition) is 1. The van der Waals surface area contributed by atoms with Crippen LogP contribution in [0.4, 0.5) is 5.69 Å². The van der Waals surface area contributed by atoms with Crippen molar-refractivity contribution < 1.29 is 24.2 Å². The summed E-state index contributed by atoms with van der Waals surface area (Å²) >= 11 is 0. The molecule has 1 N–H and O–H groups in total. The van der Waals surface area contributed by atoms with Gasteiger partial charge in [-0.2, -0.15) is 0 Å². The van der Waals surface area contributed by atoms with Crippen LogP contribution in [0.25, 0.3) is 0 Å². The molecule has 0 radical (unpaired) electrons. The standard InChI is InChI=1S/C32H45N3O5/c1-6-10-20-33(18-7-2)31(39)28-32-17-16-25(40-32)26(27(32)30(38)35(28)24(21-36)22(5)9-4)29(37)34(19-8-3)23-14-12-11-13-15-23/h7-8,11-15,22,24-28,36H,2-3,6,9-10,16-21H2,1,4-5H3/t22-,24-,25+,26-,27-,28?,32?/m0/s1. The molecule has 7 atom stereocenters. The highest BCUT2D eigenvalue weighted by molar-refractivity contribution is 6.03. The largest absolute Gasteiger partial charge is 0.394 e. The van der Waals surface area contributed by atoms with Crippen LogP contribution in [0.2, 0.25) is 0 Å². The number of rotatable bonds is 14. The summed E-state index contributed by atoms with van der Waals surface area (Å²) < 4.78 is 6.67. The van der Waals surface area contributed by atoms with Gasteiger partial charge in [-0.1, -0.05) is 64.0 Å². The Balaban J connectivity index is 1.79. The Kier molecular flexibility index (Phi) is 9.52. The van der Waals surface area contributed by atoms with Crippen molar-refractivity contribution in [3.8, 4) is 0 Å². The van der Waals surface area contributed by atoms with Crippen molar-refractivity contribution in [2.75, 3.05) is 31.1 Å². The van der Waals surface area contributed by atoms with Gasteiger partial charge >= 0.3 is 0 Å². The molecule has 0 aliphatic carbocycles. The zero-order valence-corrected chi connectivity index (χ0v) is 24.2. The van der Waals surface area contributed by atoms with Crippen molar-refractivity contribution in [3.05, 3.63) is 55.6 Å². The van der Waals surface area contributed by atoms with Crippen LogP contribution < -0.4 is 4.90 Å². The lowest BCUT2D eigenvalue weighted by Gasteiger charge is -2.41. The number of carbonyl (C=O) groups excluding carboxylic acids is 3. The average molecular weight is 552 g/mol. The number of nitrogens with zero attached hydrogens (tertiary/aromatic N) is 3. The molecule has 3 heterocycles. The van der Waals surface area contributed by atoms with Crippen LogP contribution in [0.5, 0.6) is 0 Å². The second kappa shape index (κ2) is 12.7. The first-order chi connectivity index (χ1) is 19.3. The molecule has 3 amide bonds. The molecule has 1 aromatic rings. The molecule has 0 saturated carbocycles. The molecule has 8 heteroatoms. The van der Waals surface area contributed by atoms with E-state index in [4.69, 9.17) is 4.74 Å². The third-order valence-electron chi connectivity index (χ3n) is 9.19. The van der Waals surface area contributed by atoms with E-state index in [1.54, 1.807) is 26.9 Å². The molecule has 1 aromatic carbocycles. The molecular formula is C32H45N3O5. The van der Waals surface area contributed by atoms with E-state index >= 15 is 0 Å². The molecule has 3 fully saturated rings. The predicted octanol–water partition coefficient (Wildman–Crippen LogP) is 3.80. The second-order valence-corrected chi connectivity index (χ2v) is 11.4. The molecule has 4 rings (SSSR count). The first kappa shape index (κ1) is 30.0. The molecule has 40 heavy (non-hydrogen) atoms. The van der Waals surface area contributed by atoms with Crippen LogP contribution in [-0.4, -0.2) is 82.7 Å². The Hall–Kier alpha value is -2.97. The number of para-hydroxylation sites is 1. The van der Waals surface area contributed by atoms with Gasteiger partial charge in [0.2, 0.25) is 17.7 Å². The summed E-state index contributed by atoms with van der Waals surface area (Å²) in [5, 5.41) is 10.5. The van der Waals surface area contributed by atoms with Gasteiger partial charge in [-0.05, 0) is 37.3 Å². The molecule has 218 valence electrons. The summed E-state index contributed by atoms with van der Waals surface area (Å²) in [4.78, 5) is 48.2. The number of amides is 3. The number of unbranched alkanes of at least 4 members (excludes halogenated alkanes) is 1. The predicted molar refractivity (Wildman–Crippen MR) is 155 cm³/mol. The van der Waals surface area contributed by atoms with Crippen molar-refractivity contribution in [3.63, 3.8) is 0 Å². The highest BCUT2D eigenvalue weighted by atomic mass is 16.5. The molecule has 2 unspecified atom stereocenters.